The van der Waals surface area contributed by atoms with Gasteiger partial charge in [-0.05, 0) is 43.3 Å². The van der Waals surface area contributed by atoms with Gasteiger partial charge in [-0.15, -0.1) is 0 Å². The standard InChI is InChI=1S/C14H22N2O2S2/c1-16(13-4-3-9-15-10-13)20(17,18)14-7-5-12(6-8-14)11-19-2/h5-8,13,15H,3-4,9-11H2,1-2H3. The SMILES string of the molecule is CSCc1ccc(S(=O)(=O)N(C)C2CCCNC2)cc1. The molecule has 1 fully saturated rings. The number of nitrogens with one attached hydrogen (secondary N) is 1. The van der Waals surface area contributed by atoms with Crippen LogP contribution in [0.2, 0.25) is 0 Å². The van der Waals surface area contributed by atoms with Gasteiger partial charge in [-0.25, -0.2) is 8.42 Å². The Morgan fingerprint density at radius 2 is 2.05 bits per heavy atom. The lowest BCUT2D eigenvalue weighted by Crippen LogP contribution is -2.46. The molecular weight excluding hydrogens is 292 g/mol. The summed E-state index contributed by atoms with van der Waals surface area (Å²) in [5.74, 6) is 0.905. The zero-order valence-electron chi connectivity index (χ0n) is 12.0. The summed E-state index contributed by atoms with van der Waals surface area (Å²) in [6, 6.07) is 7.29. The predicted molar refractivity (Wildman–Crippen MR) is 84.5 cm³/mol. The van der Waals surface area contributed by atoms with Crippen molar-refractivity contribution in [2.75, 3.05) is 26.4 Å². The van der Waals surface area contributed by atoms with Crippen molar-refractivity contribution in [3.05, 3.63) is 29.8 Å². The van der Waals surface area contributed by atoms with Crippen LogP contribution in [0, 0.1) is 0 Å². The second-order valence-corrected chi connectivity index (χ2v) is 7.96. The molecule has 1 unspecified atom stereocenters. The summed E-state index contributed by atoms with van der Waals surface area (Å²) in [5.41, 5.74) is 1.15. The third kappa shape index (κ3) is 3.55. The maximum absolute atomic E-state index is 12.6. The van der Waals surface area contributed by atoms with E-state index in [0.717, 1.165) is 37.2 Å². The van der Waals surface area contributed by atoms with Crippen LogP contribution >= 0.6 is 11.8 Å². The Morgan fingerprint density at radius 3 is 2.60 bits per heavy atom. The topological polar surface area (TPSA) is 49.4 Å². The highest BCUT2D eigenvalue weighted by Gasteiger charge is 2.28. The lowest BCUT2D eigenvalue weighted by molar-refractivity contribution is 0.300. The number of nitrogens with zero attached hydrogens (tertiary/aromatic N) is 1. The molecule has 6 heteroatoms. The molecule has 0 bridgehead atoms. The molecule has 1 aliphatic heterocycles. The molecule has 1 aromatic rings. The minimum atomic E-state index is -3.38. The van der Waals surface area contributed by atoms with Gasteiger partial charge in [0.1, 0.15) is 0 Å². The van der Waals surface area contributed by atoms with Crippen molar-refractivity contribution >= 4 is 21.8 Å². The molecule has 112 valence electrons. The first-order valence-corrected chi connectivity index (χ1v) is 9.65. The molecule has 0 aromatic heterocycles. The van der Waals surface area contributed by atoms with E-state index in [2.05, 4.69) is 5.32 Å². The molecule has 4 nitrogen and oxygen atoms in total. The Morgan fingerprint density at radius 1 is 1.35 bits per heavy atom. The maximum Gasteiger partial charge on any atom is 0.243 e. The molecule has 1 N–H and O–H groups in total. The normalized spacial score (nSPS) is 20.2. The van der Waals surface area contributed by atoms with Crippen LogP contribution in [0.4, 0.5) is 0 Å². The van der Waals surface area contributed by atoms with Gasteiger partial charge in [0.15, 0.2) is 0 Å². The van der Waals surface area contributed by atoms with Crippen LogP contribution in [0.3, 0.4) is 0 Å². The maximum atomic E-state index is 12.6. The number of likely N-dealkylation sites (N-methyl/N-ethyl adjacent to an activating group) is 1. The van der Waals surface area contributed by atoms with Crippen LogP contribution in [-0.2, 0) is 15.8 Å². The molecule has 0 spiro atoms. The number of rotatable bonds is 5. The minimum Gasteiger partial charge on any atom is -0.315 e. The van der Waals surface area contributed by atoms with Crippen LogP contribution < -0.4 is 5.32 Å². The van der Waals surface area contributed by atoms with Crippen molar-refractivity contribution in [2.45, 2.75) is 29.5 Å². The van der Waals surface area contributed by atoms with E-state index in [4.69, 9.17) is 0 Å². The van der Waals surface area contributed by atoms with Gasteiger partial charge in [0.25, 0.3) is 0 Å². The lowest BCUT2D eigenvalue weighted by Gasteiger charge is -2.30. The van der Waals surface area contributed by atoms with Gasteiger partial charge in [-0.1, -0.05) is 12.1 Å². The van der Waals surface area contributed by atoms with E-state index in [1.807, 2.05) is 18.4 Å². The van der Waals surface area contributed by atoms with E-state index in [0.29, 0.717) is 4.90 Å². The van der Waals surface area contributed by atoms with Crippen molar-refractivity contribution in [3.63, 3.8) is 0 Å². The van der Waals surface area contributed by atoms with Crippen molar-refractivity contribution in [1.29, 1.82) is 0 Å². The monoisotopic (exact) mass is 314 g/mol. The number of thioether (sulfide) groups is 1. The van der Waals surface area contributed by atoms with E-state index < -0.39 is 10.0 Å². The van der Waals surface area contributed by atoms with Crippen molar-refractivity contribution in [3.8, 4) is 0 Å². The molecule has 1 heterocycles. The number of sulfonamides is 1. The predicted octanol–water partition coefficient (Wildman–Crippen LogP) is 1.92. The number of hydrogen-bond donors (Lipinski definition) is 1. The zero-order valence-corrected chi connectivity index (χ0v) is 13.6. The van der Waals surface area contributed by atoms with E-state index >= 15 is 0 Å². The molecule has 1 saturated heterocycles. The van der Waals surface area contributed by atoms with E-state index in [1.54, 1.807) is 30.9 Å². The second-order valence-electron chi connectivity index (χ2n) is 5.10. The third-order valence-corrected chi connectivity index (χ3v) is 6.24. The summed E-state index contributed by atoms with van der Waals surface area (Å²) in [5, 5.41) is 3.26. The minimum absolute atomic E-state index is 0.0552. The van der Waals surface area contributed by atoms with Gasteiger partial charge < -0.3 is 5.32 Å². The molecule has 1 aliphatic rings. The highest BCUT2D eigenvalue weighted by molar-refractivity contribution is 7.97. The van der Waals surface area contributed by atoms with Crippen molar-refractivity contribution in [1.82, 2.24) is 9.62 Å². The molecule has 2 rings (SSSR count). The van der Waals surface area contributed by atoms with Crippen molar-refractivity contribution < 1.29 is 8.42 Å². The summed E-state index contributed by atoms with van der Waals surface area (Å²) in [4.78, 5) is 0.385. The quantitative estimate of drug-likeness (QED) is 0.902. The fourth-order valence-corrected chi connectivity index (χ4v) is 4.34. The first kappa shape index (κ1) is 15.8. The Hall–Kier alpha value is -0.560. The van der Waals surface area contributed by atoms with Crippen LogP contribution in [0.15, 0.2) is 29.2 Å². The second kappa shape index (κ2) is 6.93. The highest BCUT2D eigenvalue weighted by atomic mass is 32.2. The third-order valence-electron chi connectivity index (χ3n) is 3.70. The van der Waals surface area contributed by atoms with Gasteiger partial charge in [-0.2, -0.15) is 16.1 Å². The van der Waals surface area contributed by atoms with Crippen LogP contribution in [0.1, 0.15) is 18.4 Å². The first-order chi connectivity index (χ1) is 9.55. The van der Waals surface area contributed by atoms with E-state index in [9.17, 15) is 8.42 Å². The van der Waals surface area contributed by atoms with E-state index in [-0.39, 0.29) is 6.04 Å². The summed E-state index contributed by atoms with van der Waals surface area (Å²) in [7, 11) is -1.70. The van der Waals surface area contributed by atoms with Crippen LogP contribution in [0.25, 0.3) is 0 Å². The fraction of sp³-hybridized carbons (Fsp3) is 0.571. The van der Waals surface area contributed by atoms with Gasteiger partial charge in [-0.3, -0.25) is 0 Å². The Balaban J connectivity index is 2.15. The van der Waals surface area contributed by atoms with Crippen molar-refractivity contribution in [2.24, 2.45) is 0 Å². The average Bonchev–Trinajstić information content (AvgIpc) is 2.48. The van der Waals surface area contributed by atoms with Crippen LogP contribution in [-0.4, -0.2) is 45.2 Å². The van der Waals surface area contributed by atoms with Gasteiger partial charge >= 0.3 is 0 Å². The molecule has 0 amide bonds. The summed E-state index contributed by atoms with van der Waals surface area (Å²) in [6.45, 7) is 1.72. The summed E-state index contributed by atoms with van der Waals surface area (Å²) in [6.07, 6.45) is 3.99. The molecular formula is C14H22N2O2S2. The number of piperidine rings is 1. The summed E-state index contributed by atoms with van der Waals surface area (Å²) >= 11 is 1.73. The fourth-order valence-electron chi connectivity index (χ4n) is 2.43. The molecule has 1 atom stereocenters. The largest absolute Gasteiger partial charge is 0.315 e. The lowest BCUT2D eigenvalue weighted by atomic mass is 10.1. The smallest absolute Gasteiger partial charge is 0.243 e. The summed E-state index contributed by atoms with van der Waals surface area (Å²) < 4.78 is 26.7. The highest BCUT2D eigenvalue weighted by Crippen LogP contribution is 2.21. The number of benzene rings is 1. The Labute approximate surface area is 126 Å². The zero-order chi connectivity index (χ0) is 14.6. The van der Waals surface area contributed by atoms with Gasteiger partial charge in [0, 0.05) is 25.4 Å². The Kier molecular flexibility index (Phi) is 5.49. The van der Waals surface area contributed by atoms with Gasteiger partial charge in [0.2, 0.25) is 10.0 Å². The Bertz CT molecular complexity index is 523. The average molecular weight is 314 g/mol. The van der Waals surface area contributed by atoms with Gasteiger partial charge in [0.05, 0.1) is 4.90 Å². The number of hydrogen-bond acceptors (Lipinski definition) is 4. The van der Waals surface area contributed by atoms with Crippen LogP contribution in [0.5, 0.6) is 0 Å². The molecule has 0 radical (unpaired) electrons. The first-order valence-electron chi connectivity index (χ1n) is 6.82. The van der Waals surface area contributed by atoms with E-state index in [1.165, 1.54) is 4.31 Å². The molecule has 20 heavy (non-hydrogen) atoms. The molecule has 1 aromatic carbocycles. The molecule has 0 saturated carbocycles. The molecule has 0 aliphatic carbocycles.